The average Bonchev–Trinajstić information content (AvgIpc) is 2.82. The van der Waals surface area contributed by atoms with Crippen LogP contribution in [0.2, 0.25) is 0 Å². The highest BCUT2D eigenvalue weighted by molar-refractivity contribution is 5.97. The molecule has 1 aromatic heterocycles. The maximum Gasteiger partial charge on any atom is 0.201 e. The Kier molecular flexibility index (Phi) is 3.98. The smallest absolute Gasteiger partial charge is 0.201 e. The van der Waals surface area contributed by atoms with Gasteiger partial charge in [-0.15, -0.1) is 0 Å². The van der Waals surface area contributed by atoms with Gasteiger partial charge in [0, 0.05) is 25.0 Å². The van der Waals surface area contributed by atoms with Gasteiger partial charge < -0.3 is 9.30 Å². The molecule has 0 saturated carbocycles. The minimum Gasteiger partial charge on any atom is -0.485 e. The molecule has 106 valence electrons. The van der Waals surface area contributed by atoms with Crippen molar-refractivity contribution in [3.8, 4) is 5.75 Å². The zero-order valence-electron chi connectivity index (χ0n) is 12.5. The minimum absolute atomic E-state index is 0.00763. The summed E-state index contributed by atoms with van der Waals surface area (Å²) >= 11 is 0. The molecule has 2 rings (SSSR count). The molecular formula is C17H21NO2. The van der Waals surface area contributed by atoms with Crippen LogP contribution in [-0.2, 0) is 12.5 Å². The first-order chi connectivity index (χ1) is 9.36. The Bertz CT molecular complexity index is 605. The van der Waals surface area contributed by atoms with Crippen molar-refractivity contribution < 1.29 is 9.53 Å². The van der Waals surface area contributed by atoms with E-state index in [4.69, 9.17) is 4.74 Å². The van der Waals surface area contributed by atoms with Crippen molar-refractivity contribution >= 4 is 5.78 Å². The summed E-state index contributed by atoms with van der Waals surface area (Å²) < 4.78 is 7.46. The number of hydrogen-bond acceptors (Lipinski definition) is 2. The van der Waals surface area contributed by atoms with Crippen LogP contribution in [0.1, 0.15) is 36.7 Å². The number of aryl methyl sites for hydroxylation is 1. The quantitative estimate of drug-likeness (QED) is 0.796. The third kappa shape index (κ3) is 3.50. The van der Waals surface area contributed by atoms with Crippen LogP contribution in [0.5, 0.6) is 5.75 Å². The number of Topliss-reactive ketones (excluding diaryl/α,β-unsaturated/α-hetero) is 1. The topological polar surface area (TPSA) is 31.2 Å². The van der Waals surface area contributed by atoms with E-state index in [9.17, 15) is 4.79 Å². The van der Waals surface area contributed by atoms with Crippen LogP contribution in [0, 0.1) is 0 Å². The minimum atomic E-state index is -0.00763. The first kappa shape index (κ1) is 14.4. The fourth-order valence-corrected chi connectivity index (χ4v) is 1.95. The van der Waals surface area contributed by atoms with Gasteiger partial charge in [-0.3, -0.25) is 4.79 Å². The molecule has 0 spiro atoms. The fraction of sp³-hybridized carbons (Fsp3) is 0.353. The molecule has 1 aromatic carbocycles. The molecule has 1 heterocycles. The van der Waals surface area contributed by atoms with Gasteiger partial charge in [0.2, 0.25) is 5.78 Å². The number of carbonyl (C=O) groups excluding carboxylic acids is 1. The number of ketones is 1. The van der Waals surface area contributed by atoms with Gasteiger partial charge in [-0.1, -0.05) is 32.9 Å². The molecule has 0 fully saturated rings. The maximum atomic E-state index is 12.0. The maximum absolute atomic E-state index is 12.0. The van der Waals surface area contributed by atoms with E-state index in [-0.39, 0.29) is 17.8 Å². The van der Waals surface area contributed by atoms with Gasteiger partial charge in [-0.2, -0.15) is 0 Å². The summed E-state index contributed by atoms with van der Waals surface area (Å²) in [6, 6.07) is 9.72. The largest absolute Gasteiger partial charge is 0.485 e. The molecule has 0 N–H and O–H groups in total. The zero-order chi connectivity index (χ0) is 14.8. The van der Waals surface area contributed by atoms with E-state index in [1.54, 1.807) is 12.3 Å². The Morgan fingerprint density at radius 1 is 1.25 bits per heavy atom. The van der Waals surface area contributed by atoms with E-state index in [1.807, 2.05) is 36.0 Å². The van der Waals surface area contributed by atoms with Crippen LogP contribution in [0.3, 0.4) is 0 Å². The molecular weight excluding hydrogens is 250 g/mol. The van der Waals surface area contributed by atoms with E-state index in [0.717, 1.165) is 5.75 Å². The first-order valence-corrected chi connectivity index (χ1v) is 6.75. The van der Waals surface area contributed by atoms with E-state index >= 15 is 0 Å². The predicted octanol–water partition coefficient (Wildman–Crippen LogP) is 3.58. The lowest BCUT2D eigenvalue weighted by atomic mass is 9.87. The number of rotatable bonds is 4. The molecule has 0 aliphatic carbocycles. The molecule has 0 atom stereocenters. The van der Waals surface area contributed by atoms with Crippen molar-refractivity contribution in [3.63, 3.8) is 0 Å². The summed E-state index contributed by atoms with van der Waals surface area (Å²) in [4.78, 5) is 12.0. The van der Waals surface area contributed by atoms with Crippen molar-refractivity contribution in [1.82, 2.24) is 4.57 Å². The zero-order valence-corrected chi connectivity index (χ0v) is 12.5. The third-order valence-corrected chi connectivity index (χ3v) is 3.22. The lowest BCUT2D eigenvalue weighted by molar-refractivity contribution is 0.0921. The van der Waals surface area contributed by atoms with Gasteiger partial charge in [0.15, 0.2) is 6.61 Å². The second kappa shape index (κ2) is 5.53. The Labute approximate surface area is 120 Å². The van der Waals surface area contributed by atoms with Crippen molar-refractivity contribution in [3.05, 3.63) is 53.9 Å². The molecule has 0 radical (unpaired) electrons. The summed E-state index contributed by atoms with van der Waals surface area (Å²) in [5.41, 5.74) is 1.95. The summed E-state index contributed by atoms with van der Waals surface area (Å²) in [5, 5.41) is 0. The Hall–Kier alpha value is -2.03. The molecule has 20 heavy (non-hydrogen) atoms. The lowest BCUT2D eigenvalue weighted by Gasteiger charge is -2.19. The SMILES string of the molecule is Cn1ccc(C(=O)COc2cccc(C(C)(C)C)c2)c1. The number of ether oxygens (including phenoxy) is 1. The van der Waals surface area contributed by atoms with Crippen LogP contribution < -0.4 is 4.74 Å². The Balaban J connectivity index is 2.02. The van der Waals surface area contributed by atoms with Gasteiger partial charge in [0.05, 0.1) is 0 Å². The highest BCUT2D eigenvalue weighted by Gasteiger charge is 2.14. The van der Waals surface area contributed by atoms with Crippen LogP contribution in [-0.4, -0.2) is 17.0 Å². The van der Waals surface area contributed by atoms with Gasteiger partial charge in [0.25, 0.3) is 0 Å². The molecule has 0 bridgehead atoms. The second-order valence-electron chi connectivity index (χ2n) is 6.06. The second-order valence-corrected chi connectivity index (χ2v) is 6.06. The van der Waals surface area contributed by atoms with Crippen LogP contribution >= 0.6 is 0 Å². The monoisotopic (exact) mass is 271 g/mol. The van der Waals surface area contributed by atoms with Crippen molar-refractivity contribution in [2.24, 2.45) is 7.05 Å². The number of aromatic nitrogens is 1. The number of carbonyl (C=O) groups is 1. The van der Waals surface area contributed by atoms with Crippen molar-refractivity contribution in [1.29, 1.82) is 0 Å². The van der Waals surface area contributed by atoms with Crippen LogP contribution in [0.15, 0.2) is 42.7 Å². The highest BCUT2D eigenvalue weighted by atomic mass is 16.5. The summed E-state index contributed by atoms with van der Waals surface area (Å²) in [5.74, 6) is 0.730. The van der Waals surface area contributed by atoms with E-state index in [1.165, 1.54) is 5.56 Å². The molecule has 0 amide bonds. The first-order valence-electron chi connectivity index (χ1n) is 6.75. The van der Waals surface area contributed by atoms with Crippen LogP contribution in [0.25, 0.3) is 0 Å². The van der Waals surface area contributed by atoms with Crippen LogP contribution in [0.4, 0.5) is 0 Å². The number of benzene rings is 1. The lowest BCUT2D eigenvalue weighted by Crippen LogP contribution is -2.13. The standard InChI is InChI=1S/C17H21NO2/c1-17(2,3)14-6-5-7-15(10-14)20-12-16(19)13-8-9-18(4)11-13/h5-11H,12H2,1-4H3. The normalized spacial score (nSPS) is 11.4. The number of hydrogen-bond donors (Lipinski definition) is 0. The Morgan fingerprint density at radius 2 is 2.00 bits per heavy atom. The summed E-state index contributed by atoms with van der Waals surface area (Å²) in [7, 11) is 1.89. The predicted molar refractivity (Wildman–Crippen MR) is 80.4 cm³/mol. The van der Waals surface area contributed by atoms with Crippen molar-refractivity contribution in [2.75, 3.05) is 6.61 Å². The number of nitrogens with zero attached hydrogens (tertiary/aromatic N) is 1. The average molecular weight is 271 g/mol. The molecule has 0 aliphatic rings. The molecule has 3 heteroatoms. The fourth-order valence-electron chi connectivity index (χ4n) is 1.95. The highest BCUT2D eigenvalue weighted by Crippen LogP contribution is 2.25. The van der Waals surface area contributed by atoms with Gasteiger partial charge in [-0.05, 0) is 29.2 Å². The summed E-state index contributed by atoms with van der Waals surface area (Å²) in [6.07, 6.45) is 3.66. The van der Waals surface area contributed by atoms with Gasteiger partial charge in [0.1, 0.15) is 5.75 Å². The Morgan fingerprint density at radius 3 is 2.60 bits per heavy atom. The van der Waals surface area contributed by atoms with Crippen molar-refractivity contribution in [2.45, 2.75) is 26.2 Å². The molecule has 0 aliphatic heterocycles. The van der Waals surface area contributed by atoms with Gasteiger partial charge in [-0.25, -0.2) is 0 Å². The molecule has 2 aromatic rings. The molecule has 3 nitrogen and oxygen atoms in total. The molecule has 0 unspecified atom stereocenters. The van der Waals surface area contributed by atoms with E-state index in [2.05, 4.69) is 26.8 Å². The van der Waals surface area contributed by atoms with Gasteiger partial charge >= 0.3 is 0 Å². The third-order valence-electron chi connectivity index (χ3n) is 3.22. The summed E-state index contributed by atoms with van der Waals surface area (Å²) in [6.45, 7) is 6.53. The van der Waals surface area contributed by atoms with E-state index in [0.29, 0.717) is 5.56 Å². The molecule has 0 saturated heterocycles. The van der Waals surface area contributed by atoms with E-state index < -0.39 is 0 Å².